The molecule has 2 fully saturated rings. The van der Waals surface area contributed by atoms with Gasteiger partial charge in [0.2, 0.25) is 0 Å². The van der Waals surface area contributed by atoms with Gasteiger partial charge in [-0.15, -0.1) is 5.10 Å². The topological polar surface area (TPSA) is 92.4 Å². The standard InChI is InChI=1S/C24H28F3N7O/c1-13(18-7-15(28)8-19(21(18)25)23(26)27)30-24-20-9-16(10-29-22(20)14(2)31-32-24)34-4-3-33-5-6-35-12-17(33)11-34/h7-10,13,17,23H,3-6,11-12,28H2,1-2H3,(H,30,32)/t13-,17+/m1/s1. The first-order chi connectivity index (χ1) is 16.8. The van der Waals surface area contributed by atoms with Crippen LogP contribution in [0.4, 0.5) is 30.4 Å². The Balaban J connectivity index is 1.46. The van der Waals surface area contributed by atoms with Gasteiger partial charge in [-0.1, -0.05) is 0 Å². The van der Waals surface area contributed by atoms with Gasteiger partial charge in [0, 0.05) is 42.8 Å². The SMILES string of the molecule is Cc1nnc(N[C@H](C)c2cc(N)cc(C(F)F)c2F)c2cc(N3CCN4CCOC[C@@H]4C3)cnc12. The Morgan fingerprint density at radius 2 is 1.94 bits per heavy atom. The summed E-state index contributed by atoms with van der Waals surface area (Å²) in [5, 5.41) is 12.3. The largest absolute Gasteiger partial charge is 0.399 e. The van der Waals surface area contributed by atoms with E-state index in [0.717, 1.165) is 49.9 Å². The zero-order valence-corrected chi connectivity index (χ0v) is 19.6. The molecule has 0 saturated carbocycles. The van der Waals surface area contributed by atoms with Crippen molar-refractivity contribution in [3.05, 3.63) is 47.0 Å². The number of halogens is 3. The first-order valence-electron chi connectivity index (χ1n) is 11.6. The predicted molar refractivity (Wildman–Crippen MR) is 128 cm³/mol. The Morgan fingerprint density at radius 1 is 1.14 bits per heavy atom. The van der Waals surface area contributed by atoms with Gasteiger partial charge in [-0.25, -0.2) is 13.2 Å². The van der Waals surface area contributed by atoms with Crippen LogP contribution in [0.25, 0.3) is 10.9 Å². The second-order valence-electron chi connectivity index (χ2n) is 9.11. The Hall–Kier alpha value is -3.18. The molecular weight excluding hydrogens is 459 g/mol. The minimum Gasteiger partial charge on any atom is -0.399 e. The normalized spacial score (nSPS) is 19.7. The molecule has 0 amide bonds. The van der Waals surface area contributed by atoms with Crippen molar-refractivity contribution in [2.24, 2.45) is 0 Å². The van der Waals surface area contributed by atoms with Crippen molar-refractivity contribution >= 4 is 28.1 Å². The van der Waals surface area contributed by atoms with E-state index in [1.165, 1.54) is 6.07 Å². The lowest BCUT2D eigenvalue weighted by Crippen LogP contribution is -2.58. The van der Waals surface area contributed by atoms with Crippen LogP contribution in [0.2, 0.25) is 0 Å². The molecule has 4 heterocycles. The van der Waals surface area contributed by atoms with Crippen LogP contribution in [0.5, 0.6) is 0 Å². The van der Waals surface area contributed by atoms with Crippen LogP contribution in [0.1, 0.15) is 36.2 Å². The van der Waals surface area contributed by atoms with E-state index in [9.17, 15) is 13.2 Å². The summed E-state index contributed by atoms with van der Waals surface area (Å²) in [6, 6.07) is 3.96. The first-order valence-corrected chi connectivity index (χ1v) is 11.6. The van der Waals surface area contributed by atoms with E-state index in [1.54, 1.807) is 6.92 Å². The zero-order valence-electron chi connectivity index (χ0n) is 19.6. The van der Waals surface area contributed by atoms with Gasteiger partial charge in [0.05, 0.1) is 54.0 Å². The lowest BCUT2D eigenvalue weighted by molar-refractivity contribution is -0.0116. The molecule has 0 bridgehead atoms. The average molecular weight is 488 g/mol. The highest BCUT2D eigenvalue weighted by atomic mass is 19.3. The summed E-state index contributed by atoms with van der Waals surface area (Å²) in [7, 11) is 0. The number of rotatable bonds is 5. The first kappa shape index (κ1) is 23.6. The number of anilines is 3. The number of morpholine rings is 1. The molecule has 8 nitrogen and oxygen atoms in total. The van der Waals surface area contributed by atoms with E-state index in [2.05, 4.69) is 30.3 Å². The lowest BCUT2D eigenvalue weighted by Gasteiger charge is -2.44. The third-order valence-electron chi connectivity index (χ3n) is 6.78. The zero-order chi connectivity index (χ0) is 24.7. The molecule has 2 aromatic heterocycles. The molecule has 2 aliphatic heterocycles. The molecule has 0 aliphatic carbocycles. The number of benzene rings is 1. The van der Waals surface area contributed by atoms with Gasteiger partial charge in [-0.3, -0.25) is 9.88 Å². The fourth-order valence-corrected chi connectivity index (χ4v) is 4.86. The highest BCUT2D eigenvalue weighted by Gasteiger charge is 2.30. The predicted octanol–water partition coefficient (Wildman–Crippen LogP) is 3.69. The average Bonchev–Trinajstić information content (AvgIpc) is 2.86. The van der Waals surface area contributed by atoms with Crippen LogP contribution in [-0.2, 0) is 4.74 Å². The van der Waals surface area contributed by atoms with Crippen molar-refractivity contribution in [3.63, 3.8) is 0 Å². The second kappa shape index (κ2) is 9.46. The fourth-order valence-electron chi connectivity index (χ4n) is 4.86. The number of nitrogen functional groups attached to an aromatic ring is 1. The van der Waals surface area contributed by atoms with Gasteiger partial charge >= 0.3 is 0 Å². The van der Waals surface area contributed by atoms with Gasteiger partial charge in [0.15, 0.2) is 5.82 Å². The number of aromatic nitrogens is 3. The van der Waals surface area contributed by atoms with Crippen molar-refractivity contribution in [3.8, 4) is 0 Å². The fraction of sp³-hybridized carbons (Fsp3) is 0.458. The molecule has 5 rings (SSSR count). The van der Waals surface area contributed by atoms with E-state index in [4.69, 9.17) is 10.5 Å². The highest BCUT2D eigenvalue weighted by molar-refractivity contribution is 5.92. The van der Waals surface area contributed by atoms with Crippen LogP contribution in [0.3, 0.4) is 0 Å². The Labute approximate surface area is 201 Å². The summed E-state index contributed by atoms with van der Waals surface area (Å²) in [5.74, 6) is -0.586. The van der Waals surface area contributed by atoms with Gasteiger partial charge < -0.3 is 20.7 Å². The molecule has 0 spiro atoms. The lowest BCUT2D eigenvalue weighted by atomic mass is 10.0. The molecule has 3 aromatic rings. The highest BCUT2D eigenvalue weighted by Crippen LogP contribution is 2.33. The van der Waals surface area contributed by atoms with Crippen molar-refractivity contribution in [2.75, 3.05) is 55.3 Å². The van der Waals surface area contributed by atoms with E-state index in [1.807, 2.05) is 19.2 Å². The summed E-state index contributed by atoms with van der Waals surface area (Å²) in [6.07, 6.45) is -1.14. The molecule has 186 valence electrons. The van der Waals surface area contributed by atoms with Crippen LogP contribution in [0.15, 0.2) is 24.4 Å². The second-order valence-corrected chi connectivity index (χ2v) is 9.11. The number of hydrogen-bond donors (Lipinski definition) is 2. The van der Waals surface area contributed by atoms with Gasteiger partial charge in [0.25, 0.3) is 6.43 Å². The number of hydrogen-bond acceptors (Lipinski definition) is 8. The smallest absolute Gasteiger partial charge is 0.266 e. The van der Waals surface area contributed by atoms with E-state index >= 15 is 0 Å². The van der Waals surface area contributed by atoms with Crippen molar-refractivity contribution in [2.45, 2.75) is 32.4 Å². The Kier molecular flexibility index (Phi) is 6.37. The maximum atomic E-state index is 14.8. The van der Waals surface area contributed by atoms with Crippen LogP contribution in [-0.4, -0.2) is 65.5 Å². The molecular formula is C24H28F3N7O. The minimum atomic E-state index is -2.97. The molecule has 2 atom stereocenters. The summed E-state index contributed by atoms with van der Waals surface area (Å²) < 4.78 is 47.1. The number of nitrogens with two attached hydrogens (primary N) is 1. The van der Waals surface area contributed by atoms with Crippen molar-refractivity contribution in [1.29, 1.82) is 0 Å². The third-order valence-corrected chi connectivity index (χ3v) is 6.78. The number of nitrogens with one attached hydrogen (secondary N) is 1. The van der Waals surface area contributed by atoms with Crippen LogP contribution < -0.4 is 16.0 Å². The number of nitrogens with zero attached hydrogens (tertiary/aromatic N) is 5. The summed E-state index contributed by atoms with van der Waals surface area (Å²) in [4.78, 5) is 9.37. The number of piperazine rings is 1. The van der Waals surface area contributed by atoms with Gasteiger partial charge in [-0.2, -0.15) is 5.10 Å². The van der Waals surface area contributed by atoms with E-state index in [-0.39, 0.29) is 11.3 Å². The summed E-state index contributed by atoms with van der Waals surface area (Å²) >= 11 is 0. The maximum Gasteiger partial charge on any atom is 0.266 e. The number of fused-ring (bicyclic) bond motifs is 2. The van der Waals surface area contributed by atoms with Crippen LogP contribution >= 0.6 is 0 Å². The molecule has 2 saturated heterocycles. The number of alkyl halides is 2. The molecule has 0 radical (unpaired) electrons. The van der Waals surface area contributed by atoms with Crippen molar-refractivity contribution in [1.82, 2.24) is 20.1 Å². The van der Waals surface area contributed by atoms with E-state index in [0.29, 0.717) is 29.7 Å². The summed E-state index contributed by atoms with van der Waals surface area (Å²) in [5.41, 5.74) is 7.43. The number of ether oxygens (including phenoxy) is 1. The molecule has 35 heavy (non-hydrogen) atoms. The van der Waals surface area contributed by atoms with E-state index < -0.39 is 23.8 Å². The Bertz CT molecular complexity index is 1240. The summed E-state index contributed by atoms with van der Waals surface area (Å²) in [6.45, 7) is 8.55. The maximum absolute atomic E-state index is 14.8. The minimum absolute atomic E-state index is 0.0355. The van der Waals surface area contributed by atoms with Gasteiger partial charge in [-0.05, 0) is 32.0 Å². The van der Waals surface area contributed by atoms with Gasteiger partial charge in [0.1, 0.15) is 5.82 Å². The number of aryl methyl sites for hydroxylation is 1. The molecule has 2 aliphatic rings. The third kappa shape index (κ3) is 4.57. The molecule has 0 unspecified atom stereocenters. The monoisotopic (exact) mass is 487 g/mol. The molecule has 1 aromatic carbocycles. The Morgan fingerprint density at radius 3 is 2.74 bits per heavy atom. The van der Waals surface area contributed by atoms with Crippen molar-refractivity contribution < 1.29 is 17.9 Å². The molecule has 11 heteroatoms. The molecule has 3 N–H and O–H groups in total. The quantitative estimate of drug-likeness (QED) is 0.527. The number of pyridine rings is 1. The van der Waals surface area contributed by atoms with Crippen LogP contribution in [0, 0.1) is 12.7 Å².